The molecule has 3 aromatic rings. The number of hydrogen-bond acceptors (Lipinski definition) is 5. The average Bonchev–Trinajstić information content (AvgIpc) is 3.06. The molecule has 1 atom stereocenters. The lowest BCUT2D eigenvalue weighted by molar-refractivity contribution is 0.0707. The molecule has 0 radical (unpaired) electrons. The number of carbonyl (C=O) groups is 1. The van der Waals surface area contributed by atoms with E-state index in [9.17, 15) is 9.59 Å². The molecule has 1 aliphatic heterocycles. The van der Waals surface area contributed by atoms with Crippen LogP contribution in [0.4, 0.5) is 0 Å². The first-order chi connectivity index (χ1) is 16.0. The van der Waals surface area contributed by atoms with E-state index in [4.69, 9.17) is 13.9 Å². The summed E-state index contributed by atoms with van der Waals surface area (Å²) < 4.78 is 17.2. The summed E-state index contributed by atoms with van der Waals surface area (Å²) in [7, 11) is 1.64. The molecule has 1 aliphatic rings. The van der Waals surface area contributed by atoms with Crippen molar-refractivity contribution in [1.82, 2.24) is 4.90 Å². The summed E-state index contributed by atoms with van der Waals surface area (Å²) in [5, 5.41) is 0.534. The van der Waals surface area contributed by atoms with Gasteiger partial charge < -0.3 is 18.8 Å². The number of methoxy groups -OCH3 is 1. The minimum Gasteiger partial charge on any atom is -0.494 e. The number of rotatable bonds is 9. The highest BCUT2D eigenvalue weighted by molar-refractivity contribution is 5.99. The zero-order valence-corrected chi connectivity index (χ0v) is 19.8. The van der Waals surface area contributed by atoms with Crippen LogP contribution in [0.3, 0.4) is 0 Å². The van der Waals surface area contributed by atoms with Gasteiger partial charge in [-0.25, -0.2) is 0 Å². The van der Waals surface area contributed by atoms with Crippen molar-refractivity contribution in [3.8, 4) is 5.75 Å². The summed E-state index contributed by atoms with van der Waals surface area (Å²) in [5.41, 5.74) is 3.39. The summed E-state index contributed by atoms with van der Waals surface area (Å²) >= 11 is 0. The molecule has 1 amide bonds. The highest BCUT2D eigenvalue weighted by Crippen LogP contribution is 2.39. The molecular formula is C27H31NO5. The van der Waals surface area contributed by atoms with Crippen LogP contribution in [0, 0.1) is 13.8 Å². The van der Waals surface area contributed by atoms with Crippen molar-refractivity contribution in [2.24, 2.45) is 0 Å². The molecule has 0 aliphatic carbocycles. The van der Waals surface area contributed by atoms with Gasteiger partial charge in [0.2, 0.25) is 5.76 Å². The van der Waals surface area contributed by atoms with Crippen molar-refractivity contribution in [3.05, 3.63) is 74.6 Å². The number of fused-ring (bicyclic) bond motifs is 2. The lowest BCUT2D eigenvalue weighted by atomic mass is 9.96. The standard InChI is InChI=1S/C27H31NO5/c1-5-6-13-32-20-10-7-9-19(16-20)24-23-25(29)22-18(3)14-17(2)15-21(22)33-26(23)27(30)28(24)11-8-12-31-4/h7,9-10,14-16,24H,5-6,8,11-13H2,1-4H3. The number of amides is 1. The van der Waals surface area contributed by atoms with Crippen molar-refractivity contribution < 1.29 is 18.7 Å². The van der Waals surface area contributed by atoms with Gasteiger partial charge in [-0.2, -0.15) is 0 Å². The third-order valence-corrected chi connectivity index (χ3v) is 6.10. The fourth-order valence-corrected chi connectivity index (χ4v) is 4.58. The Hall–Kier alpha value is -3.12. The van der Waals surface area contributed by atoms with Gasteiger partial charge in [-0.05, 0) is 61.6 Å². The molecular weight excluding hydrogens is 418 g/mol. The van der Waals surface area contributed by atoms with Crippen LogP contribution in [-0.4, -0.2) is 37.7 Å². The highest BCUT2D eigenvalue weighted by Gasteiger charge is 2.42. The number of carbonyl (C=O) groups excluding carboxylic acids is 1. The molecule has 2 heterocycles. The molecule has 0 fully saturated rings. The molecule has 0 spiro atoms. The van der Waals surface area contributed by atoms with Crippen LogP contribution in [0.5, 0.6) is 5.75 Å². The van der Waals surface area contributed by atoms with E-state index < -0.39 is 6.04 Å². The van der Waals surface area contributed by atoms with E-state index in [0.29, 0.717) is 42.7 Å². The Balaban J connectivity index is 1.86. The SMILES string of the molecule is CCCCOc1cccc(C2c3c(oc4cc(C)cc(C)c4c3=O)C(=O)N2CCCOC)c1. The van der Waals surface area contributed by atoms with E-state index >= 15 is 0 Å². The Labute approximate surface area is 194 Å². The Morgan fingerprint density at radius 2 is 1.88 bits per heavy atom. The van der Waals surface area contributed by atoms with Crippen molar-refractivity contribution in [2.45, 2.75) is 46.1 Å². The molecule has 0 saturated heterocycles. The molecule has 6 heteroatoms. The van der Waals surface area contributed by atoms with Crippen LogP contribution in [0.25, 0.3) is 11.0 Å². The fourth-order valence-electron chi connectivity index (χ4n) is 4.58. The van der Waals surface area contributed by atoms with Crippen LogP contribution in [0.15, 0.2) is 45.6 Å². The predicted molar refractivity (Wildman–Crippen MR) is 128 cm³/mol. The zero-order valence-electron chi connectivity index (χ0n) is 19.8. The van der Waals surface area contributed by atoms with Crippen molar-refractivity contribution in [1.29, 1.82) is 0 Å². The molecule has 1 unspecified atom stereocenters. The Morgan fingerprint density at radius 1 is 1.06 bits per heavy atom. The van der Waals surface area contributed by atoms with Crippen LogP contribution < -0.4 is 10.2 Å². The molecule has 1 aromatic heterocycles. The number of benzene rings is 2. The number of aryl methyl sites for hydroxylation is 2. The first-order valence-electron chi connectivity index (χ1n) is 11.6. The highest BCUT2D eigenvalue weighted by atomic mass is 16.5. The third-order valence-electron chi connectivity index (χ3n) is 6.10. The molecule has 4 rings (SSSR count). The summed E-state index contributed by atoms with van der Waals surface area (Å²) in [6, 6.07) is 10.9. The number of hydrogen-bond donors (Lipinski definition) is 0. The van der Waals surface area contributed by atoms with Gasteiger partial charge in [0.1, 0.15) is 11.3 Å². The van der Waals surface area contributed by atoms with Gasteiger partial charge in [0, 0.05) is 20.3 Å². The minimum absolute atomic E-state index is 0.136. The minimum atomic E-state index is -0.527. The van der Waals surface area contributed by atoms with Crippen LogP contribution in [-0.2, 0) is 4.74 Å². The predicted octanol–water partition coefficient (Wildman–Crippen LogP) is 5.17. The number of nitrogens with zero attached hydrogens (tertiary/aromatic N) is 1. The molecule has 6 nitrogen and oxygen atoms in total. The van der Waals surface area contributed by atoms with Gasteiger partial charge >= 0.3 is 0 Å². The van der Waals surface area contributed by atoms with Gasteiger partial charge in [0.05, 0.1) is 23.6 Å². The molecule has 0 saturated carbocycles. The van der Waals surface area contributed by atoms with Gasteiger partial charge in [0.15, 0.2) is 5.43 Å². The van der Waals surface area contributed by atoms with Crippen LogP contribution in [0.1, 0.15) is 65.0 Å². The van der Waals surface area contributed by atoms with Gasteiger partial charge in [-0.1, -0.05) is 31.5 Å². The lowest BCUT2D eigenvalue weighted by Crippen LogP contribution is -2.31. The van der Waals surface area contributed by atoms with Crippen molar-refractivity contribution in [3.63, 3.8) is 0 Å². The van der Waals surface area contributed by atoms with E-state index in [1.807, 2.05) is 50.2 Å². The normalized spacial score (nSPS) is 15.3. The Morgan fingerprint density at radius 3 is 2.64 bits per heavy atom. The quantitative estimate of drug-likeness (QED) is 0.422. The van der Waals surface area contributed by atoms with E-state index in [1.54, 1.807) is 12.0 Å². The van der Waals surface area contributed by atoms with Crippen molar-refractivity contribution in [2.75, 3.05) is 26.9 Å². The number of unbranched alkanes of at least 4 members (excludes halogenated alkanes) is 1. The summed E-state index contributed by atoms with van der Waals surface area (Å²) in [5.74, 6) is 0.606. The second kappa shape index (κ2) is 9.79. The third kappa shape index (κ3) is 4.40. The van der Waals surface area contributed by atoms with Gasteiger partial charge in [-0.15, -0.1) is 0 Å². The average molecular weight is 450 g/mol. The molecule has 33 heavy (non-hydrogen) atoms. The second-order valence-corrected chi connectivity index (χ2v) is 8.65. The first-order valence-corrected chi connectivity index (χ1v) is 11.6. The zero-order chi connectivity index (χ0) is 23.5. The largest absolute Gasteiger partial charge is 0.494 e. The van der Waals surface area contributed by atoms with Gasteiger partial charge in [0.25, 0.3) is 5.91 Å². The van der Waals surface area contributed by atoms with Crippen LogP contribution >= 0.6 is 0 Å². The summed E-state index contributed by atoms with van der Waals surface area (Å²) in [6.45, 7) is 7.58. The van der Waals surface area contributed by atoms with E-state index in [1.165, 1.54) is 0 Å². The molecule has 174 valence electrons. The van der Waals surface area contributed by atoms with Gasteiger partial charge in [-0.3, -0.25) is 9.59 Å². The monoisotopic (exact) mass is 449 g/mol. The maximum absolute atomic E-state index is 13.8. The maximum atomic E-state index is 13.8. The second-order valence-electron chi connectivity index (χ2n) is 8.65. The molecule has 2 aromatic carbocycles. The lowest BCUT2D eigenvalue weighted by Gasteiger charge is -2.25. The van der Waals surface area contributed by atoms with E-state index in [0.717, 1.165) is 35.3 Å². The van der Waals surface area contributed by atoms with E-state index in [-0.39, 0.29) is 17.1 Å². The fraction of sp³-hybridized carbons (Fsp3) is 0.407. The number of ether oxygens (including phenoxy) is 2. The summed E-state index contributed by atoms with van der Waals surface area (Å²) in [6.07, 6.45) is 2.67. The first kappa shape index (κ1) is 23.1. The Bertz CT molecular complexity index is 1230. The maximum Gasteiger partial charge on any atom is 0.290 e. The van der Waals surface area contributed by atoms with Crippen molar-refractivity contribution >= 4 is 16.9 Å². The smallest absolute Gasteiger partial charge is 0.290 e. The molecule has 0 N–H and O–H groups in total. The molecule has 0 bridgehead atoms. The summed E-state index contributed by atoms with van der Waals surface area (Å²) in [4.78, 5) is 28.9. The Kier molecular flexibility index (Phi) is 6.84. The van der Waals surface area contributed by atoms with E-state index in [2.05, 4.69) is 6.92 Å². The topological polar surface area (TPSA) is 69.0 Å². The van der Waals surface area contributed by atoms with Crippen LogP contribution in [0.2, 0.25) is 0 Å².